The van der Waals surface area contributed by atoms with Gasteiger partial charge in [0.15, 0.2) is 0 Å². The van der Waals surface area contributed by atoms with Gasteiger partial charge < -0.3 is 5.32 Å². The first-order valence-electron chi connectivity index (χ1n) is 8.46. The summed E-state index contributed by atoms with van der Waals surface area (Å²) in [6, 6.07) is 13.3. The number of anilines is 1. The van der Waals surface area contributed by atoms with Gasteiger partial charge in [0.1, 0.15) is 15.7 Å². The molecule has 2 aromatic carbocycles. The molecule has 7 heteroatoms. The number of aryl methyl sites for hydroxylation is 2. The second-order valence-electron chi connectivity index (χ2n) is 6.35. The number of amides is 1. The largest absolute Gasteiger partial charge is 0.326 e. The lowest BCUT2D eigenvalue weighted by Crippen LogP contribution is -2.14. The number of fused-ring (bicyclic) bond motifs is 1. The fourth-order valence-corrected chi connectivity index (χ4v) is 3.90. The third-order valence-corrected chi connectivity index (χ3v) is 5.69. The molecule has 136 valence electrons. The number of nitrogens with one attached hydrogen (secondary N) is 1. The van der Waals surface area contributed by atoms with E-state index in [1.165, 1.54) is 0 Å². The molecule has 0 aliphatic heterocycles. The van der Waals surface area contributed by atoms with E-state index < -0.39 is 0 Å². The van der Waals surface area contributed by atoms with Crippen LogP contribution >= 0.6 is 22.9 Å². The molecule has 4 aromatic rings. The lowest BCUT2D eigenvalue weighted by atomic mass is 10.1. The van der Waals surface area contributed by atoms with E-state index >= 15 is 0 Å². The van der Waals surface area contributed by atoms with Crippen molar-refractivity contribution in [1.29, 1.82) is 0 Å². The van der Waals surface area contributed by atoms with Crippen molar-refractivity contribution in [1.82, 2.24) is 14.6 Å². The van der Waals surface area contributed by atoms with E-state index in [2.05, 4.69) is 15.4 Å². The SMILES string of the molecule is Cc1cc(CC(=O)Nc2ccc(-c3nn4c(C)ncc4s3)cc2)ccc1Cl. The van der Waals surface area contributed by atoms with Crippen molar-refractivity contribution in [2.75, 3.05) is 5.32 Å². The molecule has 27 heavy (non-hydrogen) atoms. The van der Waals surface area contributed by atoms with E-state index in [0.29, 0.717) is 11.4 Å². The molecule has 0 saturated heterocycles. The van der Waals surface area contributed by atoms with E-state index in [1.54, 1.807) is 11.3 Å². The van der Waals surface area contributed by atoms with E-state index in [4.69, 9.17) is 11.6 Å². The van der Waals surface area contributed by atoms with Crippen LogP contribution in [0.3, 0.4) is 0 Å². The summed E-state index contributed by atoms with van der Waals surface area (Å²) in [4.78, 5) is 17.5. The van der Waals surface area contributed by atoms with Gasteiger partial charge in [-0.05, 0) is 55.3 Å². The number of carbonyl (C=O) groups is 1. The Kier molecular flexibility index (Phi) is 4.68. The Morgan fingerprint density at radius 3 is 2.67 bits per heavy atom. The van der Waals surface area contributed by atoms with Crippen molar-refractivity contribution >= 4 is 39.4 Å². The van der Waals surface area contributed by atoms with Gasteiger partial charge in [-0.1, -0.05) is 35.1 Å². The number of hydrogen-bond donors (Lipinski definition) is 1. The van der Waals surface area contributed by atoms with Crippen LogP contribution in [0.15, 0.2) is 48.7 Å². The number of nitrogens with zero attached hydrogens (tertiary/aromatic N) is 3. The Bertz CT molecular complexity index is 1130. The molecule has 0 atom stereocenters. The van der Waals surface area contributed by atoms with E-state index in [9.17, 15) is 4.79 Å². The molecule has 2 heterocycles. The predicted molar refractivity (Wildman–Crippen MR) is 110 cm³/mol. The summed E-state index contributed by atoms with van der Waals surface area (Å²) in [5.41, 5.74) is 3.68. The van der Waals surface area contributed by atoms with Crippen molar-refractivity contribution in [3.63, 3.8) is 0 Å². The van der Waals surface area contributed by atoms with Crippen LogP contribution in [-0.4, -0.2) is 20.5 Å². The second-order valence-corrected chi connectivity index (χ2v) is 7.76. The van der Waals surface area contributed by atoms with Gasteiger partial charge in [-0.2, -0.15) is 5.10 Å². The van der Waals surface area contributed by atoms with Crippen molar-refractivity contribution in [3.8, 4) is 10.6 Å². The van der Waals surface area contributed by atoms with Gasteiger partial charge in [-0.3, -0.25) is 4.79 Å². The Morgan fingerprint density at radius 2 is 1.96 bits per heavy atom. The summed E-state index contributed by atoms with van der Waals surface area (Å²) < 4.78 is 1.84. The normalized spacial score (nSPS) is 11.1. The molecule has 1 N–H and O–H groups in total. The van der Waals surface area contributed by atoms with Crippen LogP contribution in [0.4, 0.5) is 5.69 Å². The zero-order valence-electron chi connectivity index (χ0n) is 14.9. The van der Waals surface area contributed by atoms with Crippen molar-refractivity contribution in [2.45, 2.75) is 20.3 Å². The maximum absolute atomic E-state index is 12.3. The monoisotopic (exact) mass is 396 g/mol. The first-order valence-corrected chi connectivity index (χ1v) is 9.65. The first kappa shape index (κ1) is 17.7. The maximum atomic E-state index is 12.3. The van der Waals surface area contributed by atoms with E-state index in [1.807, 2.05) is 67.0 Å². The van der Waals surface area contributed by atoms with Crippen LogP contribution in [0.5, 0.6) is 0 Å². The van der Waals surface area contributed by atoms with E-state index in [0.717, 1.165) is 38.0 Å². The molecule has 0 spiro atoms. The molecule has 2 aromatic heterocycles. The highest BCUT2D eigenvalue weighted by Gasteiger charge is 2.10. The van der Waals surface area contributed by atoms with Gasteiger partial charge in [0, 0.05) is 16.3 Å². The molecule has 0 radical (unpaired) electrons. The molecule has 4 rings (SSSR count). The topological polar surface area (TPSA) is 59.3 Å². The Morgan fingerprint density at radius 1 is 1.19 bits per heavy atom. The lowest BCUT2D eigenvalue weighted by Gasteiger charge is -2.07. The summed E-state index contributed by atoms with van der Waals surface area (Å²) in [6.07, 6.45) is 2.13. The quantitative estimate of drug-likeness (QED) is 0.533. The molecule has 5 nitrogen and oxygen atoms in total. The average molecular weight is 397 g/mol. The number of carbonyl (C=O) groups excluding carboxylic acids is 1. The summed E-state index contributed by atoms with van der Waals surface area (Å²) >= 11 is 7.62. The van der Waals surface area contributed by atoms with Crippen LogP contribution in [0.2, 0.25) is 5.02 Å². The van der Waals surface area contributed by atoms with Gasteiger partial charge in [0.25, 0.3) is 0 Å². The number of rotatable bonds is 4. The number of halogens is 1. The minimum absolute atomic E-state index is 0.0605. The minimum Gasteiger partial charge on any atom is -0.326 e. The molecule has 0 fully saturated rings. The molecule has 0 aliphatic rings. The fraction of sp³-hybridized carbons (Fsp3) is 0.150. The van der Waals surface area contributed by atoms with Crippen LogP contribution < -0.4 is 5.32 Å². The highest BCUT2D eigenvalue weighted by molar-refractivity contribution is 7.20. The molecular weight excluding hydrogens is 380 g/mol. The Balaban J connectivity index is 1.45. The molecule has 0 unspecified atom stereocenters. The number of imidazole rings is 1. The average Bonchev–Trinajstić information content (AvgIpc) is 3.21. The predicted octanol–water partition coefficient (Wildman–Crippen LogP) is 4.91. The number of benzene rings is 2. The zero-order chi connectivity index (χ0) is 19.0. The summed E-state index contributed by atoms with van der Waals surface area (Å²) in [6.45, 7) is 3.86. The van der Waals surface area contributed by atoms with Crippen LogP contribution in [0.1, 0.15) is 17.0 Å². The molecule has 0 bridgehead atoms. The summed E-state index contributed by atoms with van der Waals surface area (Å²) in [5.74, 6) is 0.809. The van der Waals surface area contributed by atoms with Gasteiger partial charge in [-0.25, -0.2) is 9.50 Å². The van der Waals surface area contributed by atoms with Gasteiger partial charge in [-0.15, -0.1) is 0 Å². The fourth-order valence-electron chi connectivity index (χ4n) is 2.84. The number of aromatic nitrogens is 3. The van der Waals surface area contributed by atoms with Crippen molar-refractivity contribution in [2.24, 2.45) is 0 Å². The van der Waals surface area contributed by atoms with Gasteiger partial charge >= 0.3 is 0 Å². The third-order valence-electron chi connectivity index (χ3n) is 4.27. The maximum Gasteiger partial charge on any atom is 0.228 e. The van der Waals surface area contributed by atoms with Crippen LogP contribution in [0.25, 0.3) is 15.4 Å². The van der Waals surface area contributed by atoms with Crippen LogP contribution in [0, 0.1) is 13.8 Å². The molecule has 0 saturated carbocycles. The van der Waals surface area contributed by atoms with Gasteiger partial charge in [0.05, 0.1) is 12.6 Å². The highest BCUT2D eigenvalue weighted by Crippen LogP contribution is 2.27. The number of hydrogen-bond acceptors (Lipinski definition) is 4. The van der Waals surface area contributed by atoms with Gasteiger partial charge in [0.2, 0.25) is 5.91 Å². The minimum atomic E-state index is -0.0605. The lowest BCUT2D eigenvalue weighted by molar-refractivity contribution is -0.115. The standard InChI is InChI=1S/C20H17ClN4OS/c1-12-9-14(3-8-17(12)21)10-18(26)23-16-6-4-15(5-7-16)20-24-25-13(2)22-11-19(25)27-20/h3-9,11H,10H2,1-2H3,(H,23,26). The molecule has 1 amide bonds. The van der Waals surface area contributed by atoms with E-state index in [-0.39, 0.29) is 5.91 Å². The van der Waals surface area contributed by atoms with Crippen molar-refractivity contribution in [3.05, 3.63) is 70.6 Å². The molecular formula is C20H17ClN4OS. The second kappa shape index (κ2) is 7.13. The Hall–Kier alpha value is -2.70. The third kappa shape index (κ3) is 3.72. The Labute approximate surface area is 165 Å². The first-order chi connectivity index (χ1) is 13.0. The highest BCUT2D eigenvalue weighted by atomic mass is 35.5. The zero-order valence-corrected chi connectivity index (χ0v) is 16.4. The van der Waals surface area contributed by atoms with Crippen LogP contribution in [-0.2, 0) is 11.2 Å². The summed E-state index contributed by atoms with van der Waals surface area (Å²) in [5, 5.41) is 9.14. The smallest absolute Gasteiger partial charge is 0.228 e. The summed E-state index contributed by atoms with van der Waals surface area (Å²) in [7, 11) is 0. The molecule has 0 aliphatic carbocycles. The van der Waals surface area contributed by atoms with Crippen molar-refractivity contribution < 1.29 is 4.79 Å².